The lowest BCUT2D eigenvalue weighted by Crippen LogP contribution is -2.26. The number of halogens is 1. The number of nitrogens with one attached hydrogen (secondary N) is 1. The molecule has 0 aliphatic heterocycles. The molecule has 1 aromatic carbocycles. The van der Waals surface area contributed by atoms with Crippen LogP contribution in [0.3, 0.4) is 0 Å². The summed E-state index contributed by atoms with van der Waals surface area (Å²) in [5.74, 6) is -0.888. The molecule has 0 spiro atoms. The van der Waals surface area contributed by atoms with Crippen LogP contribution < -0.4 is 5.32 Å². The molecule has 0 saturated heterocycles. The highest BCUT2D eigenvalue weighted by Gasteiger charge is 2.10. The third-order valence-electron chi connectivity index (χ3n) is 2.41. The molecule has 3 nitrogen and oxygen atoms in total. The minimum absolute atomic E-state index is 0.0767. The van der Waals surface area contributed by atoms with E-state index >= 15 is 0 Å². The lowest BCUT2D eigenvalue weighted by molar-refractivity contribution is 0.0950. The summed E-state index contributed by atoms with van der Waals surface area (Å²) < 4.78 is 13.3. The average Bonchev–Trinajstić information content (AvgIpc) is 2.75. The van der Waals surface area contributed by atoms with E-state index < -0.39 is 5.82 Å². The first-order valence-electron chi connectivity index (χ1n) is 5.61. The van der Waals surface area contributed by atoms with E-state index in [2.05, 4.69) is 10.3 Å². The number of benzene rings is 1. The van der Waals surface area contributed by atoms with Gasteiger partial charge in [0.25, 0.3) is 5.91 Å². The van der Waals surface area contributed by atoms with Gasteiger partial charge in [0.2, 0.25) is 0 Å². The molecule has 0 aliphatic carbocycles. The molecule has 1 N–H and O–H groups in total. The second-order valence-corrected chi connectivity index (χ2v) is 5.17. The fourth-order valence-electron chi connectivity index (χ4n) is 1.54. The number of nitrogens with zero attached hydrogens (tertiary/aromatic N) is 1. The Hall–Kier alpha value is -1.75. The molecule has 2 rings (SSSR count). The zero-order valence-corrected chi connectivity index (χ0v) is 10.8. The fourth-order valence-corrected chi connectivity index (χ4v) is 2.33. The molecule has 0 atom stereocenters. The smallest absolute Gasteiger partial charge is 0.254 e. The van der Waals surface area contributed by atoms with Gasteiger partial charge in [0.1, 0.15) is 5.82 Å². The lowest BCUT2D eigenvalue weighted by Gasteiger charge is -2.04. The molecule has 94 valence electrons. The molecule has 0 bridgehead atoms. The van der Waals surface area contributed by atoms with Gasteiger partial charge in [-0.2, -0.15) is 0 Å². The average molecular weight is 264 g/mol. The molecule has 18 heavy (non-hydrogen) atoms. The van der Waals surface area contributed by atoms with Crippen molar-refractivity contribution in [1.82, 2.24) is 10.3 Å². The SMILES string of the molecule is Cc1cnc(CCNC(=O)c2ccccc2F)s1. The number of carbonyl (C=O) groups is 1. The highest BCUT2D eigenvalue weighted by molar-refractivity contribution is 7.11. The monoisotopic (exact) mass is 264 g/mol. The number of thiazole rings is 1. The predicted octanol–water partition coefficient (Wildman–Crippen LogP) is 2.56. The van der Waals surface area contributed by atoms with Crippen LogP contribution in [0.5, 0.6) is 0 Å². The van der Waals surface area contributed by atoms with E-state index in [0.29, 0.717) is 13.0 Å². The van der Waals surface area contributed by atoms with E-state index in [1.807, 2.05) is 6.92 Å². The number of rotatable bonds is 4. The van der Waals surface area contributed by atoms with Crippen molar-refractivity contribution in [3.05, 3.63) is 51.7 Å². The third-order valence-corrected chi connectivity index (χ3v) is 3.38. The summed E-state index contributed by atoms with van der Waals surface area (Å²) in [6.07, 6.45) is 2.47. The molecule has 0 fully saturated rings. The lowest BCUT2D eigenvalue weighted by atomic mass is 10.2. The van der Waals surface area contributed by atoms with Crippen molar-refractivity contribution in [2.75, 3.05) is 6.54 Å². The Labute approximate surface area is 109 Å². The Morgan fingerprint density at radius 2 is 2.22 bits per heavy atom. The van der Waals surface area contributed by atoms with E-state index in [4.69, 9.17) is 0 Å². The van der Waals surface area contributed by atoms with E-state index in [1.165, 1.54) is 12.1 Å². The Balaban J connectivity index is 1.87. The second kappa shape index (κ2) is 5.73. The molecule has 0 radical (unpaired) electrons. The van der Waals surface area contributed by atoms with Crippen molar-refractivity contribution in [3.63, 3.8) is 0 Å². The first-order chi connectivity index (χ1) is 8.66. The van der Waals surface area contributed by atoms with Crippen LogP contribution in [0.25, 0.3) is 0 Å². The quantitative estimate of drug-likeness (QED) is 0.922. The van der Waals surface area contributed by atoms with Gasteiger partial charge in [0, 0.05) is 24.0 Å². The Kier molecular flexibility index (Phi) is 4.04. The van der Waals surface area contributed by atoms with Crippen LogP contribution >= 0.6 is 11.3 Å². The molecular formula is C13H13FN2OS. The van der Waals surface area contributed by atoms with Crippen molar-refractivity contribution >= 4 is 17.2 Å². The fraction of sp³-hybridized carbons (Fsp3) is 0.231. The van der Waals surface area contributed by atoms with Crippen LogP contribution in [0.2, 0.25) is 0 Å². The van der Waals surface area contributed by atoms with Crippen LogP contribution in [0.1, 0.15) is 20.2 Å². The topological polar surface area (TPSA) is 42.0 Å². The first kappa shape index (κ1) is 12.7. The van der Waals surface area contributed by atoms with Crippen molar-refractivity contribution < 1.29 is 9.18 Å². The van der Waals surface area contributed by atoms with Crippen molar-refractivity contribution in [2.24, 2.45) is 0 Å². The molecule has 2 aromatic rings. The summed E-state index contributed by atoms with van der Waals surface area (Å²) in [4.78, 5) is 17.0. The normalized spacial score (nSPS) is 10.3. The van der Waals surface area contributed by atoms with Gasteiger partial charge in [0.15, 0.2) is 0 Å². The van der Waals surface area contributed by atoms with Gasteiger partial charge in [0.05, 0.1) is 10.6 Å². The van der Waals surface area contributed by atoms with Crippen molar-refractivity contribution in [3.8, 4) is 0 Å². The standard InChI is InChI=1S/C13H13FN2OS/c1-9-8-16-12(18-9)6-7-15-13(17)10-4-2-3-5-11(10)14/h2-5,8H,6-7H2,1H3,(H,15,17). The Morgan fingerprint density at radius 3 is 2.89 bits per heavy atom. The summed E-state index contributed by atoms with van der Waals surface area (Å²) in [5.41, 5.74) is 0.0767. The highest BCUT2D eigenvalue weighted by atomic mass is 32.1. The summed E-state index contributed by atoms with van der Waals surface area (Å²) in [5, 5.41) is 3.66. The first-order valence-corrected chi connectivity index (χ1v) is 6.42. The minimum atomic E-state index is -0.500. The molecule has 0 aliphatic rings. The van der Waals surface area contributed by atoms with E-state index in [-0.39, 0.29) is 11.5 Å². The van der Waals surface area contributed by atoms with E-state index in [0.717, 1.165) is 9.88 Å². The summed E-state index contributed by atoms with van der Waals surface area (Å²) >= 11 is 1.60. The number of amides is 1. The third kappa shape index (κ3) is 3.13. The molecule has 1 amide bonds. The van der Waals surface area contributed by atoms with Crippen molar-refractivity contribution in [2.45, 2.75) is 13.3 Å². The molecule has 5 heteroatoms. The molecule has 0 saturated carbocycles. The zero-order valence-electron chi connectivity index (χ0n) is 9.94. The van der Waals surface area contributed by atoms with Gasteiger partial charge in [-0.3, -0.25) is 4.79 Å². The van der Waals surface area contributed by atoms with Crippen LogP contribution in [0.15, 0.2) is 30.5 Å². The number of aromatic nitrogens is 1. The maximum absolute atomic E-state index is 13.3. The number of carbonyl (C=O) groups excluding carboxylic acids is 1. The van der Waals surface area contributed by atoms with Gasteiger partial charge in [-0.15, -0.1) is 11.3 Å². The Morgan fingerprint density at radius 1 is 1.44 bits per heavy atom. The summed E-state index contributed by atoms with van der Waals surface area (Å²) in [7, 11) is 0. The van der Waals surface area contributed by atoms with Crippen LogP contribution in [0.4, 0.5) is 4.39 Å². The molecule has 1 heterocycles. The second-order valence-electron chi connectivity index (χ2n) is 3.85. The van der Waals surface area contributed by atoms with Gasteiger partial charge < -0.3 is 5.32 Å². The van der Waals surface area contributed by atoms with Crippen molar-refractivity contribution in [1.29, 1.82) is 0 Å². The maximum Gasteiger partial charge on any atom is 0.254 e. The Bertz CT molecular complexity index is 553. The number of hydrogen-bond acceptors (Lipinski definition) is 3. The zero-order chi connectivity index (χ0) is 13.0. The van der Waals surface area contributed by atoms with Crippen LogP contribution in [0, 0.1) is 12.7 Å². The summed E-state index contributed by atoms with van der Waals surface area (Å²) in [6.45, 7) is 2.44. The van der Waals surface area contributed by atoms with E-state index in [1.54, 1.807) is 29.7 Å². The van der Waals surface area contributed by atoms with Gasteiger partial charge in [-0.05, 0) is 19.1 Å². The van der Waals surface area contributed by atoms with Gasteiger partial charge in [-0.1, -0.05) is 12.1 Å². The van der Waals surface area contributed by atoms with Crippen LogP contribution in [-0.4, -0.2) is 17.4 Å². The van der Waals surface area contributed by atoms with E-state index in [9.17, 15) is 9.18 Å². The molecule has 0 unspecified atom stereocenters. The van der Waals surface area contributed by atoms with Gasteiger partial charge in [-0.25, -0.2) is 9.37 Å². The largest absolute Gasteiger partial charge is 0.352 e. The highest BCUT2D eigenvalue weighted by Crippen LogP contribution is 2.11. The predicted molar refractivity (Wildman–Crippen MR) is 69.3 cm³/mol. The maximum atomic E-state index is 13.3. The van der Waals surface area contributed by atoms with Crippen LogP contribution in [-0.2, 0) is 6.42 Å². The molecule has 1 aromatic heterocycles. The number of aryl methyl sites for hydroxylation is 1. The number of hydrogen-bond donors (Lipinski definition) is 1. The minimum Gasteiger partial charge on any atom is -0.352 e. The summed E-state index contributed by atoms with van der Waals surface area (Å²) in [6, 6.07) is 5.95. The molecular weight excluding hydrogens is 251 g/mol. The van der Waals surface area contributed by atoms with Gasteiger partial charge >= 0.3 is 0 Å².